The molecule has 0 spiro atoms. The zero-order valence-corrected chi connectivity index (χ0v) is 10.7. The second-order valence-electron chi connectivity index (χ2n) is 5.41. The van der Waals surface area contributed by atoms with Crippen LogP contribution in [0.15, 0.2) is 24.3 Å². The number of nitrogens with one attached hydrogen (secondary N) is 1. The van der Waals surface area contributed by atoms with Crippen molar-refractivity contribution < 1.29 is 15.0 Å². The van der Waals surface area contributed by atoms with E-state index in [1.165, 1.54) is 0 Å². The van der Waals surface area contributed by atoms with Crippen LogP contribution in [0.2, 0.25) is 0 Å². The molecule has 1 aliphatic heterocycles. The fraction of sp³-hybridized carbons (Fsp3) is 0.500. The summed E-state index contributed by atoms with van der Waals surface area (Å²) in [7, 11) is 0. The van der Waals surface area contributed by atoms with Crippen LogP contribution < -0.4 is 5.32 Å². The van der Waals surface area contributed by atoms with Crippen molar-refractivity contribution in [3.8, 4) is 0 Å². The highest BCUT2D eigenvalue weighted by molar-refractivity contribution is 5.70. The molecule has 98 valence electrons. The lowest BCUT2D eigenvalue weighted by Gasteiger charge is -2.19. The fourth-order valence-corrected chi connectivity index (χ4v) is 2.30. The molecule has 2 unspecified atom stereocenters. The predicted octanol–water partition coefficient (Wildman–Crippen LogP) is 1.65. The maximum Gasteiger partial charge on any atom is 0.307 e. The van der Waals surface area contributed by atoms with Gasteiger partial charge in [0.05, 0.1) is 11.5 Å². The molecule has 4 nitrogen and oxygen atoms in total. The summed E-state index contributed by atoms with van der Waals surface area (Å²) in [5, 5.41) is 22.0. The molecule has 3 N–H and O–H groups in total. The maximum absolute atomic E-state index is 10.9. The van der Waals surface area contributed by atoms with Gasteiger partial charge in [0.25, 0.3) is 0 Å². The van der Waals surface area contributed by atoms with E-state index in [2.05, 4.69) is 5.32 Å². The monoisotopic (exact) mass is 249 g/mol. The normalized spacial score (nSPS) is 24.2. The molecular weight excluding hydrogens is 230 g/mol. The summed E-state index contributed by atoms with van der Waals surface area (Å²) in [5.74, 6) is -1.04. The minimum atomic E-state index is -0.842. The molecule has 1 aliphatic rings. The largest absolute Gasteiger partial charge is 0.481 e. The number of rotatable bonds is 3. The molecule has 1 fully saturated rings. The van der Waals surface area contributed by atoms with Crippen molar-refractivity contribution in [2.45, 2.75) is 31.9 Å². The maximum atomic E-state index is 10.9. The quantitative estimate of drug-likeness (QED) is 0.762. The van der Waals surface area contributed by atoms with Gasteiger partial charge in [0.15, 0.2) is 0 Å². The van der Waals surface area contributed by atoms with Gasteiger partial charge in [-0.15, -0.1) is 0 Å². The van der Waals surface area contributed by atoms with E-state index in [1.807, 2.05) is 24.3 Å². The number of aliphatic carboxylic acids is 1. The van der Waals surface area contributed by atoms with Gasteiger partial charge in [0.1, 0.15) is 0 Å². The molecule has 4 heteroatoms. The lowest BCUT2D eigenvalue weighted by Crippen LogP contribution is -2.18. The summed E-state index contributed by atoms with van der Waals surface area (Å²) >= 11 is 0. The van der Waals surface area contributed by atoms with Gasteiger partial charge in [-0.2, -0.15) is 0 Å². The SMILES string of the molecule is CC(C)(O)c1ccc(C2CC(C(=O)O)CN2)cc1. The van der Waals surface area contributed by atoms with Gasteiger partial charge in [-0.05, 0) is 31.4 Å². The summed E-state index contributed by atoms with van der Waals surface area (Å²) in [6.07, 6.45) is 0.622. The van der Waals surface area contributed by atoms with Crippen LogP contribution in [0.3, 0.4) is 0 Å². The molecule has 1 saturated heterocycles. The second kappa shape index (κ2) is 4.71. The van der Waals surface area contributed by atoms with Crippen molar-refractivity contribution in [1.82, 2.24) is 5.32 Å². The van der Waals surface area contributed by atoms with Crippen molar-refractivity contribution in [1.29, 1.82) is 0 Å². The van der Waals surface area contributed by atoms with E-state index in [0.29, 0.717) is 13.0 Å². The van der Waals surface area contributed by atoms with Crippen LogP contribution in [0.5, 0.6) is 0 Å². The number of carbonyl (C=O) groups is 1. The Morgan fingerprint density at radius 2 is 1.94 bits per heavy atom. The Morgan fingerprint density at radius 1 is 1.33 bits per heavy atom. The van der Waals surface area contributed by atoms with E-state index in [9.17, 15) is 9.90 Å². The second-order valence-corrected chi connectivity index (χ2v) is 5.41. The molecule has 0 aliphatic carbocycles. The number of carboxylic acids is 1. The molecule has 18 heavy (non-hydrogen) atoms. The van der Waals surface area contributed by atoms with Crippen molar-refractivity contribution in [3.05, 3.63) is 35.4 Å². The predicted molar refractivity (Wildman–Crippen MR) is 68.2 cm³/mol. The van der Waals surface area contributed by atoms with Crippen molar-refractivity contribution >= 4 is 5.97 Å². The first-order valence-electron chi connectivity index (χ1n) is 6.17. The highest BCUT2D eigenvalue weighted by Crippen LogP contribution is 2.29. The summed E-state index contributed by atoms with van der Waals surface area (Å²) in [5.41, 5.74) is 1.09. The van der Waals surface area contributed by atoms with Gasteiger partial charge < -0.3 is 15.5 Å². The van der Waals surface area contributed by atoms with Gasteiger partial charge in [-0.1, -0.05) is 24.3 Å². The van der Waals surface area contributed by atoms with Crippen molar-refractivity contribution in [2.75, 3.05) is 6.54 Å². The fourth-order valence-electron chi connectivity index (χ4n) is 2.30. The van der Waals surface area contributed by atoms with E-state index in [4.69, 9.17) is 5.11 Å². The number of hydrogen-bond donors (Lipinski definition) is 3. The summed E-state index contributed by atoms with van der Waals surface area (Å²) < 4.78 is 0. The molecule has 0 radical (unpaired) electrons. The van der Waals surface area contributed by atoms with Crippen LogP contribution in [0.1, 0.15) is 37.4 Å². The van der Waals surface area contributed by atoms with Crippen LogP contribution in [0, 0.1) is 5.92 Å². The van der Waals surface area contributed by atoms with Gasteiger partial charge >= 0.3 is 5.97 Å². The third-order valence-electron chi connectivity index (χ3n) is 3.50. The summed E-state index contributed by atoms with van der Waals surface area (Å²) in [4.78, 5) is 10.9. The Morgan fingerprint density at radius 3 is 2.39 bits per heavy atom. The number of hydrogen-bond acceptors (Lipinski definition) is 3. The molecule has 2 rings (SSSR count). The van der Waals surface area contributed by atoms with Crippen molar-refractivity contribution in [2.24, 2.45) is 5.92 Å². The van der Waals surface area contributed by atoms with Gasteiger partial charge in [-0.25, -0.2) is 0 Å². The lowest BCUT2D eigenvalue weighted by molar-refractivity contribution is -0.141. The summed E-state index contributed by atoms with van der Waals surface area (Å²) in [6.45, 7) is 4.01. The topological polar surface area (TPSA) is 69.6 Å². The standard InChI is InChI=1S/C14H19NO3/c1-14(2,18)11-5-3-9(4-6-11)12-7-10(8-15-12)13(16)17/h3-6,10,12,15,18H,7-8H2,1-2H3,(H,16,17). The van der Waals surface area contributed by atoms with E-state index in [-0.39, 0.29) is 12.0 Å². The molecule has 2 atom stereocenters. The van der Waals surface area contributed by atoms with Crippen molar-refractivity contribution in [3.63, 3.8) is 0 Å². The zero-order chi connectivity index (χ0) is 13.3. The third-order valence-corrected chi connectivity index (χ3v) is 3.50. The van der Waals surface area contributed by atoms with Crippen LogP contribution in [-0.4, -0.2) is 22.7 Å². The molecule has 0 amide bonds. The molecule has 1 aromatic rings. The number of aliphatic hydroxyl groups is 1. The molecule has 0 saturated carbocycles. The van der Waals surface area contributed by atoms with E-state index >= 15 is 0 Å². The third kappa shape index (κ3) is 2.71. The minimum Gasteiger partial charge on any atom is -0.481 e. The first kappa shape index (κ1) is 13.1. The van der Waals surface area contributed by atoms with Crippen LogP contribution in [0.25, 0.3) is 0 Å². The highest BCUT2D eigenvalue weighted by Gasteiger charge is 2.30. The average molecular weight is 249 g/mol. The first-order chi connectivity index (χ1) is 8.38. The molecular formula is C14H19NO3. The molecule has 0 bridgehead atoms. The Kier molecular flexibility index (Phi) is 3.41. The zero-order valence-electron chi connectivity index (χ0n) is 10.7. The Labute approximate surface area is 107 Å². The Bertz CT molecular complexity index is 433. The number of benzene rings is 1. The van der Waals surface area contributed by atoms with Crippen LogP contribution in [-0.2, 0) is 10.4 Å². The first-order valence-corrected chi connectivity index (χ1v) is 6.17. The number of carboxylic acid groups (broad SMARTS) is 1. The molecule has 0 aromatic heterocycles. The van der Waals surface area contributed by atoms with Gasteiger partial charge in [-0.3, -0.25) is 4.79 Å². The minimum absolute atomic E-state index is 0.0990. The van der Waals surface area contributed by atoms with Crippen LogP contribution >= 0.6 is 0 Å². The Balaban J connectivity index is 2.10. The average Bonchev–Trinajstić information content (AvgIpc) is 2.77. The lowest BCUT2D eigenvalue weighted by atomic mass is 9.94. The summed E-state index contributed by atoms with van der Waals surface area (Å²) in [6, 6.07) is 7.79. The van der Waals surface area contributed by atoms with Crippen LogP contribution in [0.4, 0.5) is 0 Å². The Hall–Kier alpha value is -1.39. The molecule has 1 heterocycles. The van der Waals surface area contributed by atoms with Gasteiger partial charge in [0.2, 0.25) is 0 Å². The smallest absolute Gasteiger partial charge is 0.307 e. The molecule has 1 aromatic carbocycles. The van der Waals surface area contributed by atoms with E-state index in [1.54, 1.807) is 13.8 Å². The van der Waals surface area contributed by atoms with E-state index in [0.717, 1.165) is 11.1 Å². The highest BCUT2D eigenvalue weighted by atomic mass is 16.4. The van der Waals surface area contributed by atoms with E-state index < -0.39 is 11.6 Å². The van der Waals surface area contributed by atoms with Gasteiger partial charge in [0, 0.05) is 12.6 Å².